The highest BCUT2D eigenvalue weighted by atomic mass is 79.9. The Morgan fingerprint density at radius 3 is 1.95 bits per heavy atom. The quantitative estimate of drug-likeness (QED) is 0.234. The molecular weight excluding hydrogens is 687 g/mol. The molecule has 4 heterocycles. The number of anilines is 1. The number of primary amides is 2. The first-order valence-corrected chi connectivity index (χ1v) is 16.0. The number of carbonyl (C=O) groups excluding carboxylic acids is 2. The minimum Gasteiger partial charge on any atom is -0.396 e. The van der Waals surface area contributed by atoms with Crippen LogP contribution in [0.3, 0.4) is 0 Å². The summed E-state index contributed by atoms with van der Waals surface area (Å²) in [5.74, 6) is -0.201. The van der Waals surface area contributed by atoms with E-state index >= 15 is 0 Å². The fourth-order valence-corrected chi connectivity index (χ4v) is 6.21. The van der Waals surface area contributed by atoms with Crippen LogP contribution in [0.25, 0.3) is 0 Å². The minimum atomic E-state index is -0.855. The summed E-state index contributed by atoms with van der Waals surface area (Å²) in [4.78, 5) is 32.1. The minimum absolute atomic E-state index is 0.0852. The SMILES string of the molecule is CC1(C)C[C@H](CCCO)CN1.CC1(C)C[C@H](CCCO)CN1c1nc(Br)ccc1C(N)=O.NC(=O)c1ccc(Br)nc1F. The topological polar surface area (TPSA) is 168 Å². The van der Waals surface area contributed by atoms with Gasteiger partial charge in [0.05, 0.1) is 11.1 Å². The molecule has 2 atom stereocenters. The van der Waals surface area contributed by atoms with Gasteiger partial charge in [-0.3, -0.25) is 9.59 Å². The van der Waals surface area contributed by atoms with Gasteiger partial charge >= 0.3 is 0 Å². The van der Waals surface area contributed by atoms with Gasteiger partial charge in [0.1, 0.15) is 15.0 Å². The van der Waals surface area contributed by atoms with Crippen molar-refractivity contribution in [2.45, 2.75) is 77.3 Å². The molecule has 4 rings (SSSR count). The van der Waals surface area contributed by atoms with Crippen LogP contribution in [0.2, 0.25) is 0 Å². The van der Waals surface area contributed by atoms with Gasteiger partial charge in [-0.05, 0) is 141 Å². The van der Waals surface area contributed by atoms with E-state index < -0.39 is 17.8 Å². The summed E-state index contributed by atoms with van der Waals surface area (Å²) in [6.45, 7) is 11.3. The van der Waals surface area contributed by atoms with Crippen LogP contribution in [-0.2, 0) is 0 Å². The lowest BCUT2D eigenvalue weighted by Crippen LogP contribution is -2.40. The molecule has 0 bridgehead atoms. The van der Waals surface area contributed by atoms with Crippen LogP contribution >= 0.6 is 31.9 Å². The number of hydrogen-bond acceptors (Lipinski definition) is 8. The molecule has 2 aromatic rings. The van der Waals surface area contributed by atoms with Gasteiger partial charge in [-0.15, -0.1) is 0 Å². The van der Waals surface area contributed by atoms with Crippen LogP contribution in [0.15, 0.2) is 33.5 Å². The average molecular weight is 733 g/mol. The largest absolute Gasteiger partial charge is 0.396 e. The zero-order valence-corrected chi connectivity index (χ0v) is 28.5. The molecule has 0 spiro atoms. The van der Waals surface area contributed by atoms with E-state index in [4.69, 9.17) is 21.7 Å². The zero-order chi connectivity index (χ0) is 32.4. The van der Waals surface area contributed by atoms with Crippen LogP contribution < -0.4 is 21.7 Å². The summed E-state index contributed by atoms with van der Waals surface area (Å²) < 4.78 is 13.7. The number of hydrogen-bond donors (Lipinski definition) is 5. The first kappa shape index (κ1) is 37.0. The van der Waals surface area contributed by atoms with Gasteiger partial charge in [0.25, 0.3) is 11.8 Å². The van der Waals surface area contributed by atoms with E-state index in [1.165, 1.54) is 25.0 Å². The van der Waals surface area contributed by atoms with E-state index in [1.54, 1.807) is 12.1 Å². The number of nitrogens with one attached hydrogen (secondary N) is 1. The number of nitrogens with two attached hydrogens (primary N) is 2. The van der Waals surface area contributed by atoms with Crippen LogP contribution in [0.5, 0.6) is 0 Å². The monoisotopic (exact) mass is 730 g/mol. The molecule has 240 valence electrons. The van der Waals surface area contributed by atoms with Crippen LogP contribution in [0.4, 0.5) is 10.2 Å². The third-order valence-corrected chi connectivity index (χ3v) is 8.49. The predicted octanol–water partition coefficient (Wildman–Crippen LogP) is 4.55. The van der Waals surface area contributed by atoms with E-state index in [0.717, 1.165) is 44.7 Å². The van der Waals surface area contributed by atoms with Crippen molar-refractivity contribution in [2.24, 2.45) is 23.3 Å². The van der Waals surface area contributed by atoms with Gasteiger partial charge in [-0.2, -0.15) is 4.39 Å². The molecule has 0 unspecified atom stereocenters. The van der Waals surface area contributed by atoms with Crippen LogP contribution in [-0.4, -0.2) is 69.4 Å². The highest BCUT2D eigenvalue weighted by molar-refractivity contribution is 9.10. The molecule has 0 saturated carbocycles. The molecule has 2 saturated heterocycles. The molecule has 10 nitrogen and oxygen atoms in total. The second-order valence-corrected chi connectivity index (χ2v) is 13.9. The third-order valence-electron chi connectivity index (χ3n) is 7.61. The normalized spacial score (nSPS) is 20.1. The molecule has 0 radical (unpaired) electrons. The summed E-state index contributed by atoms with van der Waals surface area (Å²) in [6, 6.07) is 6.17. The second-order valence-electron chi connectivity index (χ2n) is 12.3. The molecular formula is C30H45Br2FN6O4. The molecule has 0 aromatic carbocycles. The number of rotatable bonds is 9. The number of nitrogens with zero attached hydrogens (tertiary/aromatic N) is 3. The number of halogens is 3. The third kappa shape index (κ3) is 11.7. The van der Waals surface area contributed by atoms with Crippen molar-refractivity contribution in [1.82, 2.24) is 15.3 Å². The van der Waals surface area contributed by atoms with Crippen LogP contribution in [0, 0.1) is 17.8 Å². The number of aromatic nitrogens is 2. The molecule has 2 fully saturated rings. The summed E-state index contributed by atoms with van der Waals surface area (Å²) in [7, 11) is 0. The lowest BCUT2D eigenvalue weighted by atomic mass is 9.93. The average Bonchev–Trinajstić information content (AvgIpc) is 3.42. The van der Waals surface area contributed by atoms with Crippen molar-refractivity contribution in [2.75, 3.05) is 31.2 Å². The summed E-state index contributed by atoms with van der Waals surface area (Å²) in [5, 5.41) is 21.1. The van der Waals surface area contributed by atoms with Crippen LogP contribution in [0.1, 0.15) is 86.9 Å². The molecule has 7 N–H and O–H groups in total. The first-order valence-electron chi connectivity index (χ1n) is 14.4. The van der Waals surface area contributed by atoms with Gasteiger partial charge in [0, 0.05) is 30.8 Å². The fraction of sp³-hybridized carbons (Fsp3) is 0.600. The van der Waals surface area contributed by atoms with E-state index in [2.05, 4.69) is 79.7 Å². The second kappa shape index (κ2) is 16.8. The van der Waals surface area contributed by atoms with Gasteiger partial charge in [0.15, 0.2) is 0 Å². The molecule has 43 heavy (non-hydrogen) atoms. The van der Waals surface area contributed by atoms with Crippen molar-refractivity contribution in [3.05, 3.63) is 50.5 Å². The standard InChI is InChI=1S/C15H22BrN3O2.C9H19NO.C6H4BrFN2O/c1-15(2)8-10(4-3-7-20)9-19(15)14-11(13(17)21)5-6-12(16)18-14;1-9(2)6-8(7-10-9)4-3-5-11;7-4-2-1-3(6(9)11)5(8)10-4/h5-6,10,20H,3-4,7-9H2,1-2H3,(H2,17,21);8,10-11H,3-7H2,1-2H3;1-2H,(H2,9,11)/t10-;8-;/m00./s1. The van der Waals surface area contributed by atoms with E-state index in [0.29, 0.717) is 38.7 Å². The van der Waals surface area contributed by atoms with Gasteiger partial charge in [-0.25, -0.2) is 9.97 Å². The smallest absolute Gasteiger partial charge is 0.253 e. The first-order chi connectivity index (χ1) is 20.1. The zero-order valence-electron chi connectivity index (χ0n) is 25.4. The van der Waals surface area contributed by atoms with Gasteiger partial charge in [0.2, 0.25) is 5.95 Å². The number of aliphatic hydroxyl groups is 2. The highest BCUT2D eigenvalue weighted by Crippen LogP contribution is 2.39. The molecule has 2 amide bonds. The Kier molecular flexibility index (Phi) is 14.4. The number of amides is 2. The van der Waals surface area contributed by atoms with Crippen molar-refractivity contribution < 1.29 is 24.2 Å². The number of pyridine rings is 2. The van der Waals surface area contributed by atoms with Crippen molar-refractivity contribution in [3.8, 4) is 0 Å². The predicted molar refractivity (Wildman–Crippen MR) is 173 cm³/mol. The van der Waals surface area contributed by atoms with Crippen molar-refractivity contribution >= 4 is 49.5 Å². The fourth-order valence-electron chi connectivity index (χ4n) is 5.62. The van der Waals surface area contributed by atoms with Gasteiger partial charge in [-0.1, -0.05) is 0 Å². The summed E-state index contributed by atoms with van der Waals surface area (Å²) >= 11 is 6.31. The summed E-state index contributed by atoms with van der Waals surface area (Å²) in [5.41, 5.74) is 10.8. The molecule has 13 heteroatoms. The Morgan fingerprint density at radius 2 is 1.47 bits per heavy atom. The Balaban J connectivity index is 0.000000247. The molecule has 2 aliphatic rings. The maximum atomic E-state index is 12.7. The van der Waals surface area contributed by atoms with E-state index in [9.17, 15) is 14.0 Å². The Morgan fingerprint density at radius 1 is 0.930 bits per heavy atom. The Labute approximate surface area is 270 Å². The maximum absolute atomic E-state index is 12.7. The maximum Gasteiger partial charge on any atom is 0.253 e. The number of aliphatic hydroxyl groups excluding tert-OH is 2. The highest BCUT2D eigenvalue weighted by Gasteiger charge is 2.40. The number of carbonyl (C=O) groups is 2. The molecule has 0 aliphatic carbocycles. The van der Waals surface area contributed by atoms with Gasteiger partial charge < -0.3 is 31.9 Å². The molecule has 2 aliphatic heterocycles. The van der Waals surface area contributed by atoms with E-state index in [1.807, 2.05) is 0 Å². The Hall–Kier alpha value is -2.19. The van der Waals surface area contributed by atoms with Crippen molar-refractivity contribution in [3.63, 3.8) is 0 Å². The lowest BCUT2D eigenvalue weighted by molar-refractivity contribution is 0.0989. The summed E-state index contributed by atoms with van der Waals surface area (Å²) in [6.07, 6.45) is 6.20. The lowest BCUT2D eigenvalue weighted by Gasteiger charge is -2.33. The Bertz CT molecular complexity index is 1230. The van der Waals surface area contributed by atoms with Crippen molar-refractivity contribution in [1.29, 1.82) is 0 Å². The van der Waals surface area contributed by atoms with E-state index in [-0.39, 0.29) is 17.7 Å². The molecule has 2 aromatic heterocycles.